The zero-order valence-electron chi connectivity index (χ0n) is 9.84. The number of rotatable bonds is 4. The Kier molecular flexibility index (Phi) is 3.48. The van der Waals surface area contributed by atoms with Crippen molar-refractivity contribution in [1.82, 2.24) is 4.90 Å². The Labute approximate surface area is 88.9 Å². The fourth-order valence-corrected chi connectivity index (χ4v) is 2.91. The molecule has 0 amide bonds. The Bertz CT molecular complexity index is 172. The van der Waals surface area contributed by atoms with Gasteiger partial charge in [-0.15, -0.1) is 0 Å². The first kappa shape index (κ1) is 10.5. The summed E-state index contributed by atoms with van der Waals surface area (Å²) in [5.74, 6) is 1.95. The van der Waals surface area contributed by atoms with Gasteiger partial charge in [0.2, 0.25) is 0 Å². The van der Waals surface area contributed by atoms with Crippen molar-refractivity contribution >= 4 is 0 Å². The van der Waals surface area contributed by atoms with Gasteiger partial charge in [-0.2, -0.15) is 0 Å². The summed E-state index contributed by atoms with van der Waals surface area (Å²) >= 11 is 0. The Hall–Kier alpha value is -0.0400. The average Bonchev–Trinajstić information content (AvgIpc) is 2.46. The highest BCUT2D eigenvalue weighted by Gasteiger charge is 2.34. The van der Waals surface area contributed by atoms with E-state index in [1.165, 1.54) is 51.6 Å². The van der Waals surface area contributed by atoms with Crippen molar-refractivity contribution < 1.29 is 0 Å². The second-order valence-electron chi connectivity index (χ2n) is 5.62. The highest BCUT2D eigenvalue weighted by atomic mass is 15.2. The van der Waals surface area contributed by atoms with Crippen LogP contribution < -0.4 is 0 Å². The predicted molar refractivity (Wildman–Crippen MR) is 61.4 cm³/mol. The van der Waals surface area contributed by atoms with Crippen LogP contribution in [0.1, 0.15) is 52.4 Å². The van der Waals surface area contributed by atoms with E-state index in [0.29, 0.717) is 0 Å². The summed E-state index contributed by atoms with van der Waals surface area (Å²) in [4.78, 5) is 2.78. The monoisotopic (exact) mass is 195 g/mol. The molecule has 1 aliphatic carbocycles. The van der Waals surface area contributed by atoms with E-state index in [-0.39, 0.29) is 0 Å². The van der Waals surface area contributed by atoms with E-state index in [4.69, 9.17) is 0 Å². The normalized spacial score (nSPS) is 29.8. The Balaban J connectivity index is 1.77. The average molecular weight is 195 g/mol. The molecular weight excluding hydrogens is 170 g/mol. The van der Waals surface area contributed by atoms with E-state index in [2.05, 4.69) is 18.7 Å². The molecule has 0 aromatic heterocycles. The third-order valence-corrected chi connectivity index (χ3v) is 4.10. The van der Waals surface area contributed by atoms with Crippen LogP contribution >= 0.6 is 0 Å². The minimum atomic E-state index is 0.873. The molecule has 1 aliphatic heterocycles. The molecule has 0 N–H and O–H groups in total. The lowest BCUT2D eigenvalue weighted by Gasteiger charge is -2.37. The molecule has 1 atom stereocenters. The van der Waals surface area contributed by atoms with Crippen molar-refractivity contribution in [3.8, 4) is 0 Å². The van der Waals surface area contributed by atoms with E-state index >= 15 is 0 Å². The molecule has 0 aromatic rings. The highest BCUT2D eigenvalue weighted by Crippen LogP contribution is 2.37. The van der Waals surface area contributed by atoms with Crippen LogP contribution in [-0.2, 0) is 0 Å². The van der Waals surface area contributed by atoms with Gasteiger partial charge >= 0.3 is 0 Å². The molecule has 0 bridgehead atoms. The first-order chi connectivity index (χ1) is 6.77. The molecule has 82 valence electrons. The van der Waals surface area contributed by atoms with Crippen molar-refractivity contribution in [3.63, 3.8) is 0 Å². The van der Waals surface area contributed by atoms with Crippen LogP contribution in [0.2, 0.25) is 0 Å². The van der Waals surface area contributed by atoms with E-state index in [9.17, 15) is 0 Å². The van der Waals surface area contributed by atoms with Gasteiger partial charge in [-0.05, 0) is 57.0 Å². The fourth-order valence-electron chi connectivity index (χ4n) is 2.91. The zero-order chi connectivity index (χ0) is 9.97. The molecule has 1 heterocycles. The largest absolute Gasteiger partial charge is 0.300 e. The van der Waals surface area contributed by atoms with E-state index in [0.717, 1.165) is 17.9 Å². The van der Waals surface area contributed by atoms with Crippen molar-refractivity contribution in [2.45, 2.75) is 58.4 Å². The van der Waals surface area contributed by atoms with Crippen LogP contribution in [0, 0.1) is 11.8 Å². The standard InChI is InChI=1S/C13H25N/c1-11(2)8-10-14-9-4-7-13(14)12-5-3-6-12/h11-13H,3-10H2,1-2H3. The Morgan fingerprint density at radius 3 is 2.50 bits per heavy atom. The molecular formula is C13H25N. The number of likely N-dealkylation sites (tertiary alicyclic amines) is 1. The lowest BCUT2D eigenvalue weighted by atomic mass is 9.79. The van der Waals surface area contributed by atoms with Crippen LogP contribution in [0.25, 0.3) is 0 Å². The molecule has 1 saturated carbocycles. The van der Waals surface area contributed by atoms with Crippen LogP contribution in [0.5, 0.6) is 0 Å². The Morgan fingerprint density at radius 1 is 1.14 bits per heavy atom. The molecule has 0 radical (unpaired) electrons. The maximum Gasteiger partial charge on any atom is 0.0124 e. The lowest BCUT2D eigenvalue weighted by molar-refractivity contribution is 0.127. The third-order valence-electron chi connectivity index (χ3n) is 4.10. The van der Waals surface area contributed by atoms with Gasteiger partial charge in [-0.25, -0.2) is 0 Å². The van der Waals surface area contributed by atoms with E-state index in [1.54, 1.807) is 0 Å². The van der Waals surface area contributed by atoms with E-state index in [1.807, 2.05) is 0 Å². The number of hydrogen-bond acceptors (Lipinski definition) is 1. The maximum atomic E-state index is 2.78. The molecule has 0 spiro atoms. The minimum Gasteiger partial charge on any atom is -0.300 e. The summed E-state index contributed by atoms with van der Waals surface area (Å²) in [6.45, 7) is 7.43. The van der Waals surface area contributed by atoms with Gasteiger partial charge < -0.3 is 4.90 Å². The SMILES string of the molecule is CC(C)CCN1CCCC1C1CCC1. The molecule has 1 unspecified atom stereocenters. The second kappa shape index (κ2) is 4.65. The second-order valence-corrected chi connectivity index (χ2v) is 5.62. The van der Waals surface area contributed by atoms with Gasteiger partial charge in [0.15, 0.2) is 0 Å². The smallest absolute Gasteiger partial charge is 0.0124 e. The van der Waals surface area contributed by atoms with Gasteiger partial charge in [0.05, 0.1) is 0 Å². The molecule has 1 nitrogen and oxygen atoms in total. The molecule has 1 saturated heterocycles. The summed E-state index contributed by atoms with van der Waals surface area (Å²) in [6.07, 6.45) is 8.87. The van der Waals surface area contributed by atoms with Gasteiger partial charge in [0.1, 0.15) is 0 Å². The number of nitrogens with zero attached hydrogens (tertiary/aromatic N) is 1. The fraction of sp³-hybridized carbons (Fsp3) is 1.00. The summed E-state index contributed by atoms with van der Waals surface area (Å²) in [7, 11) is 0. The quantitative estimate of drug-likeness (QED) is 0.665. The topological polar surface area (TPSA) is 3.24 Å². The van der Waals surface area contributed by atoms with Crippen molar-refractivity contribution in [2.24, 2.45) is 11.8 Å². The first-order valence-corrected chi connectivity index (χ1v) is 6.51. The van der Waals surface area contributed by atoms with Gasteiger partial charge in [0, 0.05) is 6.04 Å². The molecule has 0 aromatic carbocycles. The molecule has 2 rings (SSSR count). The predicted octanol–water partition coefficient (Wildman–Crippen LogP) is 3.30. The molecule has 14 heavy (non-hydrogen) atoms. The minimum absolute atomic E-state index is 0.873. The summed E-state index contributed by atoms with van der Waals surface area (Å²) < 4.78 is 0. The van der Waals surface area contributed by atoms with E-state index < -0.39 is 0 Å². The van der Waals surface area contributed by atoms with Gasteiger partial charge in [0.25, 0.3) is 0 Å². The zero-order valence-corrected chi connectivity index (χ0v) is 9.84. The van der Waals surface area contributed by atoms with Crippen LogP contribution in [0.15, 0.2) is 0 Å². The molecule has 2 fully saturated rings. The van der Waals surface area contributed by atoms with Gasteiger partial charge in [-0.1, -0.05) is 20.3 Å². The van der Waals surface area contributed by atoms with Crippen molar-refractivity contribution in [2.75, 3.05) is 13.1 Å². The number of hydrogen-bond donors (Lipinski definition) is 0. The molecule has 1 heteroatoms. The third kappa shape index (κ3) is 2.31. The van der Waals surface area contributed by atoms with Crippen LogP contribution in [0.3, 0.4) is 0 Å². The summed E-state index contributed by atoms with van der Waals surface area (Å²) in [5, 5.41) is 0. The molecule has 2 aliphatic rings. The van der Waals surface area contributed by atoms with Crippen LogP contribution in [-0.4, -0.2) is 24.0 Å². The van der Waals surface area contributed by atoms with Crippen molar-refractivity contribution in [1.29, 1.82) is 0 Å². The highest BCUT2D eigenvalue weighted by molar-refractivity contribution is 4.88. The lowest BCUT2D eigenvalue weighted by Crippen LogP contribution is -2.39. The summed E-state index contributed by atoms with van der Waals surface area (Å²) in [6, 6.07) is 0.975. The first-order valence-electron chi connectivity index (χ1n) is 6.51. The Morgan fingerprint density at radius 2 is 1.93 bits per heavy atom. The maximum absolute atomic E-state index is 2.78. The van der Waals surface area contributed by atoms with Crippen molar-refractivity contribution in [3.05, 3.63) is 0 Å². The van der Waals surface area contributed by atoms with Crippen LogP contribution in [0.4, 0.5) is 0 Å². The van der Waals surface area contributed by atoms with Gasteiger partial charge in [-0.3, -0.25) is 0 Å². The summed E-state index contributed by atoms with van der Waals surface area (Å²) in [5.41, 5.74) is 0.